The van der Waals surface area contributed by atoms with Crippen molar-refractivity contribution in [2.24, 2.45) is 0 Å². The summed E-state index contributed by atoms with van der Waals surface area (Å²) in [6.07, 6.45) is 65.0. The maximum atomic E-state index is 13.0. The van der Waals surface area contributed by atoms with Crippen molar-refractivity contribution in [3.8, 4) is 0 Å². The third-order valence-corrected chi connectivity index (χ3v) is 14.3. The number of nitrogens with zero attached hydrogens (tertiary/aromatic N) is 1. The Balaban J connectivity index is 4.21. The molecular weight excluding hydrogens is 864 g/mol. The normalized spacial score (nSPS) is 14.2. The molecular formula is C59H115N2O6P. The number of unbranched alkanes of at least 4 members (excludes halogenated alkanes) is 37. The van der Waals surface area contributed by atoms with Gasteiger partial charge in [-0.25, -0.2) is 0 Å². The lowest BCUT2D eigenvalue weighted by Gasteiger charge is -2.29. The Morgan fingerprint density at radius 3 is 1.22 bits per heavy atom. The second-order valence-corrected chi connectivity index (χ2v) is 22.8. The number of carbonyl (C=O) groups excluding carboxylic acids is 1. The molecule has 0 saturated heterocycles. The quantitative estimate of drug-likeness (QED) is 0.0272. The molecule has 0 bridgehead atoms. The van der Waals surface area contributed by atoms with Crippen molar-refractivity contribution < 1.29 is 32.9 Å². The van der Waals surface area contributed by atoms with E-state index in [1.807, 2.05) is 27.2 Å². The van der Waals surface area contributed by atoms with Gasteiger partial charge in [0, 0.05) is 6.42 Å². The van der Waals surface area contributed by atoms with E-state index in [0.29, 0.717) is 17.4 Å². The zero-order valence-electron chi connectivity index (χ0n) is 45.8. The molecule has 0 radical (unpaired) electrons. The zero-order chi connectivity index (χ0) is 49.9. The Bertz CT molecular complexity index is 1200. The first-order valence-corrected chi connectivity index (χ1v) is 30.8. The highest BCUT2D eigenvalue weighted by atomic mass is 31.2. The molecule has 0 aliphatic rings. The smallest absolute Gasteiger partial charge is 0.268 e. The lowest BCUT2D eigenvalue weighted by molar-refractivity contribution is -0.870. The van der Waals surface area contributed by atoms with Crippen LogP contribution >= 0.6 is 7.82 Å². The molecule has 0 saturated carbocycles. The first kappa shape index (κ1) is 66.7. The number of phosphoric ester groups is 1. The maximum absolute atomic E-state index is 13.0. The number of hydrogen-bond acceptors (Lipinski definition) is 6. The number of hydrogen-bond donors (Lipinski definition) is 2. The summed E-state index contributed by atoms with van der Waals surface area (Å²) in [5.41, 5.74) is 0. The van der Waals surface area contributed by atoms with Gasteiger partial charge in [0.05, 0.1) is 39.9 Å². The molecule has 68 heavy (non-hydrogen) atoms. The summed E-state index contributed by atoms with van der Waals surface area (Å²) in [5, 5.41) is 13.9. The Labute approximate surface area is 423 Å². The minimum atomic E-state index is -4.60. The number of aliphatic hydroxyl groups is 1. The molecule has 0 aromatic carbocycles. The molecule has 3 unspecified atom stereocenters. The van der Waals surface area contributed by atoms with E-state index in [9.17, 15) is 19.4 Å². The molecule has 9 heteroatoms. The Kier molecular flexibility index (Phi) is 49.7. The van der Waals surface area contributed by atoms with Gasteiger partial charge in [-0.3, -0.25) is 9.36 Å². The van der Waals surface area contributed by atoms with Gasteiger partial charge in [-0.05, 0) is 51.4 Å². The summed E-state index contributed by atoms with van der Waals surface area (Å²) in [6, 6.07) is -0.888. The monoisotopic (exact) mass is 979 g/mol. The molecule has 0 aromatic heterocycles. The fraction of sp³-hybridized carbons (Fsp3) is 0.881. The summed E-state index contributed by atoms with van der Waals surface area (Å²) in [4.78, 5) is 25.5. The van der Waals surface area contributed by atoms with E-state index < -0.39 is 20.0 Å². The van der Waals surface area contributed by atoms with Crippen LogP contribution in [0.15, 0.2) is 36.5 Å². The van der Waals surface area contributed by atoms with Crippen LogP contribution in [0.5, 0.6) is 0 Å². The van der Waals surface area contributed by atoms with Crippen LogP contribution in [0.4, 0.5) is 0 Å². The predicted octanol–water partition coefficient (Wildman–Crippen LogP) is 17.1. The van der Waals surface area contributed by atoms with Crippen molar-refractivity contribution in [1.29, 1.82) is 0 Å². The van der Waals surface area contributed by atoms with E-state index in [1.54, 1.807) is 6.08 Å². The van der Waals surface area contributed by atoms with Gasteiger partial charge in [-0.1, -0.05) is 262 Å². The lowest BCUT2D eigenvalue weighted by Crippen LogP contribution is -2.45. The van der Waals surface area contributed by atoms with Gasteiger partial charge in [0.15, 0.2) is 0 Å². The first-order chi connectivity index (χ1) is 33.0. The molecule has 8 nitrogen and oxygen atoms in total. The average molecular weight is 980 g/mol. The van der Waals surface area contributed by atoms with Crippen LogP contribution in [0.1, 0.15) is 284 Å². The maximum Gasteiger partial charge on any atom is 0.268 e. The van der Waals surface area contributed by atoms with E-state index >= 15 is 0 Å². The number of amides is 1. The highest BCUT2D eigenvalue weighted by molar-refractivity contribution is 7.45. The zero-order valence-corrected chi connectivity index (χ0v) is 46.7. The first-order valence-electron chi connectivity index (χ1n) is 29.4. The van der Waals surface area contributed by atoms with Crippen LogP contribution in [-0.2, 0) is 18.4 Å². The Morgan fingerprint density at radius 2 is 0.853 bits per heavy atom. The van der Waals surface area contributed by atoms with E-state index in [2.05, 4.69) is 43.5 Å². The molecule has 0 heterocycles. The second kappa shape index (κ2) is 50.7. The minimum absolute atomic E-state index is 0.000735. The molecule has 0 aliphatic heterocycles. The molecule has 2 N–H and O–H groups in total. The fourth-order valence-electron chi connectivity index (χ4n) is 8.72. The second-order valence-electron chi connectivity index (χ2n) is 21.4. The van der Waals surface area contributed by atoms with E-state index in [4.69, 9.17) is 9.05 Å². The number of phosphoric acid groups is 1. The average Bonchev–Trinajstić information content (AvgIpc) is 3.30. The van der Waals surface area contributed by atoms with Crippen LogP contribution in [-0.4, -0.2) is 68.5 Å². The third-order valence-electron chi connectivity index (χ3n) is 13.3. The molecule has 0 aliphatic carbocycles. The van der Waals surface area contributed by atoms with Gasteiger partial charge >= 0.3 is 0 Å². The number of allylic oxidation sites excluding steroid dienone is 5. The Morgan fingerprint density at radius 1 is 0.515 bits per heavy atom. The summed E-state index contributed by atoms with van der Waals surface area (Å²) in [5.74, 6) is -0.196. The highest BCUT2D eigenvalue weighted by Gasteiger charge is 2.23. The highest BCUT2D eigenvalue weighted by Crippen LogP contribution is 2.38. The number of rotatable bonds is 54. The molecule has 1 amide bonds. The van der Waals surface area contributed by atoms with Crippen molar-refractivity contribution in [2.75, 3.05) is 40.9 Å². The summed E-state index contributed by atoms with van der Waals surface area (Å²) in [7, 11) is 1.27. The van der Waals surface area contributed by atoms with Crippen molar-refractivity contribution >= 4 is 13.7 Å². The lowest BCUT2D eigenvalue weighted by atomic mass is 10.0. The van der Waals surface area contributed by atoms with Crippen molar-refractivity contribution in [1.82, 2.24) is 5.32 Å². The SMILES string of the molecule is CCCCCCC/C=C\C/C=C\CCCCCCCCCCCCCC(=O)NC(COP(=O)([O-])OCC[N+](C)(C)C)C(O)/C=C/CCCCCCCCCCCCCCCCCCCCCCC. The molecule has 0 aromatic rings. The van der Waals surface area contributed by atoms with Crippen LogP contribution in [0.2, 0.25) is 0 Å². The van der Waals surface area contributed by atoms with Crippen molar-refractivity contribution in [3.05, 3.63) is 36.5 Å². The van der Waals surface area contributed by atoms with Gasteiger partial charge in [-0.2, -0.15) is 0 Å². The van der Waals surface area contributed by atoms with Gasteiger partial charge in [-0.15, -0.1) is 0 Å². The number of nitrogens with one attached hydrogen (secondary N) is 1. The van der Waals surface area contributed by atoms with Crippen LogP contribution in [0.3, 0.4) is 0 Å². The fourth-order valence-corrected chi connectivity index (χ4v) is 9.44. The standard InChI is InChI=1S/C59H115N2O6P/c1-6-8-10-12-14-16-18-20-22-24-26-28-30-32-34-36-38-40-42-44-46-48-50-52-58(62)57(56-67-68(64,65)66-55-54-61(3,4)5)60-59(63)53-51-49-47-45-43-41-39-37-35-33-31-29-27-25-23-21-19-17-15-13-11-9-7-2/h19,21,25,27,50,52,57-58,62H,6-18,20,22-24,26,28-49,51,53-56H2,1-5H3,(H-,60,63,64,65)/b21-19-,27-25-,52-50+. The van der Waals surface area contributed by atoms with Gasteiger partial charge in [0.25, 0.3) is 7.82 Å². The van der Waals surface area contributed by atoms with Crippen LogP contribution in [0, 0.1) is 0 Å². The summed E-state index contributed by atoms with van der Waals surface area (Å²) in [6.45, 7) is 4.67. The number of carbonyl (C=O) groups is 1. The van der Waals surface area contributed by atoms with Crippen LogP contribution in [0.25, 0.3) is 0 Å². The molecule has 0 fully saturated rings. The van der Waals surface area contributed by atoms with E-state index in [1.165, 1.54) is 218 Å². The molecule has 3 atom stereocenters. The third kappa shape index (κ3) is 52.5. The summed E-state index contributed by atoms with van der Waals surface area (Å²) < 4.78 is 23.4. The molecule has 0 rings (SSSR count). The van der Waals surface area contributed by atoms with Gasteiger partial charge in [0.1, 0.15) is 13.2 Å². The minimum Gasteiger partial charge on any atom is -0.756 e. The number of quaternary nitrogens is 1. The van der Waals surface area contributed by atoms with Crippen LogP contribution < -0.4 is 10.2 Å². The largest absolute Gasteiger partial charge is 0.756 e. The van der Waals surface area contributed by atoms with Gasteiger partial charge in [0.2, 0.25) is 5.91 Å². The topological polar surface area (TPSA) is 108 Å². The van der Waals surface area contributed by atoms with Crippen molar-refractivity contribution in [2.45, 2.75) is 296 Å². The summed E-state index contributed by atoms with van der Waals surface area (Å²) >= 11 is 0. The number of aliphatic hydroxyl groups excluding tert-OH is 1. The molecule has 0 spiro atoms. The van der Waals surface area contributed by atoms with E-state index in [-0.39, 0.29) is 19.1 Å². The van der Waals surface area contributed by atoms with Crippen molar-refractivity contribution in [3.63, 3.8) is 0 Å². The molecule has 402 valence electrons. The van der Waals surface area contributed by atoms with Gasteiger partial charge < -0.3 is 28.8 Å². The van der Waals surface area contributed by atoms with E-state index in [0.717, 1.165) is 44.9 Å². The predicted molar refractivity (Wildman–Crippen MR) is 293 cm³/mol. The Hall–Kier alpha value is -1.28. The number of likely N-dealkylation sites (N-methyl/N-ethyl adjacent to an activating group) is 1.